The van der Waals surface area contributed by atoms with Gasteiger partial charge in [0.25, 0.3) is 0 Å². The lowest BCUT2D eigenvalue weighted by molar-refractivity contribution is -0.159. The molecule has 0 bridgehead atoms. The van der Waals surface area contributed by atoms with Crippen molar-refractivity contribution < 1.29 is 19.1 Å². The Hall–Kier alpha value is -0.970. The van der Waals surface area contributed by atoms with Crippen LogP contribution >= 0.6 is 11.8 Å². The van der Waals surface area contributed by atoms with Crippen LogP contribution in [0.3, 0.4) is 0 Å². The van der Waals surface area contributed by atoms with Crippen molar-refractivity contribution in [3.63, 3.8) is 0 Å². The molecule has 0 radical (unpaired) electrons. The van der Waals surface area contributed by atoms with Crippen molar-refractivity contribution in [3.05, 3.63) is 11.8 Å². The van der Waals surface area contributed by atoms with Crippen LogP contribution in [0.25, 0.3) is 0 Å². The Balaban J connectivity index is 2.53. The van der Waals surface area contributed by atoms with Gasteiger partial charge in [0.1, 0.15) is 11.4 Å². The molecule has 1 aliphatic heterocycles. The average molecular weight is 328 g/mol. The van der Waals surface area contributed by atoms with E-state index in [0.29, 0.717) is 5.76 Å². The van der Waals surface area contributed by atoms with Gasteiger partial charge in [0, 0.05) is 6.08 Å². The molecular formula is C17H28O4S. The molecule has 4 nitrogen and oxygen atoms in total. The SMILES string of the molecule is CCCCCCC1(C)SC(=O)C=C1OCC(=O)OC(C)(C)C. The van der Waals surface area contributed by atoms with E-state index in [-0.39, 0.29) is 16.5 Å². The van der Waals surface area contributed by atoms with Crippen LogP contribution in [-0.4, -0.2) is 28.0 Å². The van der Waals surface area contributed by atoms with Crippen molar-refractivity contribution in [2.24, 2.45) is 0 Å². The second-order valence-electron chi connectivity index (χ2n) is 6.85. The van der Waals surface area contributed by atoms with Crippen molar-refractivity contribution in [2.75, 3.05) is 6.61 Å². The van der Waals surface area contributed by atoms with Crippen molar-refractivity contribution in [3.8, 4) is 0 Å². The third-order valence-electron chi connectivity index (χ3n) is 3.37. The van der Waals surface area contributed by atoms with Crippen LogP contribution in [0.1, 0.15) is 66.7 Å². The lowest BCUT2D eigenvalue weighted by Crippen LogP contribution is -2.28. The summed E-state index contributed by atoms with van der Waals surface area (Å²) in [5.74, 6) is 0.191. The zero-order valence-electron chi connectivity index (χ0n) is 14.4. The summed E-state index contributed by atoms with van der Waals surface area (Å²) < 4.78 is 10.5. The van der Waals surface area contributed by atoms with Gasteiger partial charge in [-0.25, -0.2) is 4.79 Å². The smallest absolute Gasteiger partial charge is 0.344 e. The number of unbranched alkanes of at least 4 members (excludes halogenated alkanes) is 3. The molecule has 1 heterocycles. The van der Waals surface area contributed by atoms with Gasteiger partial charge in [-0.1, -0.05) is 44.4 Å². The first-order valence-electron chi connectivity index (χ1n) is 7.96. The highest BCUT2D eigenvalue weighted by Gasteiger charge is 2.39. The fraction of sp³-hybridized carbons (Fsp3) is 0.765. The molecule has 0 aromatic carbocycles. The first-order valence-corrected chi connectivity index (χ1v) is 8.78. The predicted octanol–water partition coefficient (Wildman–Crippen LogP) is 4.23. The van der Waals surface area contributed by atoms with Gasteiger partial charge >= 0.3 is 5.97 Å². The molecule has 126 valence electrons. The minimum atomic E-state index is -0.529. The molecule has 5 heteroatoms. The first kappa shape index (κ1) is 19.1. The van der Waals surface area contributed by atoms with Crippen molar-refractivity contribution >= 4 is 22.8 Å². The quantitative estimate of drug-likeness (QED) is 0.493. The molecule has 0 aromatic rings. The third-order valence-corrected chi connectivity index (χ3v) is 4.54. The standard InChI is InChI=1S/C17H28O4S/c1-6-7-8-9-10-17(5)13(11-15(19)22-17)20-12-14(18)21-16(2,3)4/h11H,6-10,12H2,1-5H3. The van der Waals surface area contributed by atoms with Crippen molar-refractivity contribution in [1.82, 2.24) is 0 Å². The van der Waals surface area contributed by atoms with E-state index >= 15 is 0 Å². The largest absolute Gasteiger partial charge is 0.485 e. The molecule has 0 spiro atoms. The Morgan fingerprint density at radius 2 is 1.95 bits per heavy atom. The zero-order valence-corrected chi connectivity index (χ0v) is 15.2. The Labute approximate surface area is 138 Å². The first-order chi connectivity index (χ1) is 10.2. The van der Waals surface area contributed by atoms with Gasteiger partial charge < -0.3 is 9.47 Å². The summed E-state index contributed by atoms with van der Waals surface area (Å²) >= 11 is 1.29. The molecule has 0 aromatic heterocycles. The molecule has 0 fully saturated rings. The van der Waals surface area contributed by atoms with E-state index in [1.807, 2.05) is 27.7 Å². The lowest BCUT2D eigenvalue weighted by Gasteiger charge is -2.26. The van der Waals surface area contributed by atoms with Crippen LogP contribution in [0.2, 0.25) is 0 Å². The summed E-state index contributed by atoms with van der Waals surface area (Å²) in [6, 6.07) is 0. The van der Waals surface area contributed by atoms with E-state index in [1.54, 1.807) is 0 Å². The predicted molar refractivity (Wildman–Crippen MR) is 89.6 cm³/mol. The van der Waals surface area contributed by atoms with E-state index in [2.05, 4.69) is 6.92 Å². The van der Waals surface area contributed by atoms with Gasteiger partial charge in [-0.3, -0.25) is 4.79 Å². The topological polar surface area (TPSA) is 52.6 Å². The monoisotopic (exact) mass is 328 g/mol. The van der Waals surface area contributed by atoms with Crippen LogP contribution in [0.5, 0.6) is 0 Å². The second-order valence-corrected chi connectivity index (χ2v) is 8.35. The van der Waals surface area contributed by atoms with Gasteiger partial charge in [0.15, 0.2) is 6.61 Å². The number of hydrogen-bond acceptors (Lipinski definition) is 5. The summed E-state index contributed by atoms with van der Waals surface area (Å²) in [6.45, 7) is 9.48. The summed E-state index contributed by atoms with van der Waals surface area (Å²) in [5, 5.41) is -0.00261. The van der Waals surface area contributed by atoms with Crippen LogP contribution in [0.4, 0.5) is 0 Å². The Morgan fingerprint density at radius 3 is 2.55 bits per heavy atom. The minimum absolute atomic E-state index is 0.00261. The Bertz CT molecular complexity index is 436. The van der Waals surface area contributed by atoms with Gasteiger partial charge in [-0.2, -0.15) is 0 Å². The van der Waals surface area contributed by atoms with Crippen molar-refractivity contribution in [2.45, 2.75) is 77.1 Å². The molecule has 1 aliphatic rings. The van der Waals surface area contributed by atoms with E-state index in [0.717, 1.165) is 19.3 Å². The third kappa shape index (κ3) is 6.42. The molecule has 1 rings (SSSR count). The normalized spacial score (nSPS) is 21.7. The lowest BCUT2D eigenvalue weighted by atomic mass is 9.99. The van der Waals surface area contributed by atoms with Crippen molar-refractivity contribution in [1.29, 1.82) is 0 Å². The zero-order chi connectivity index (χ0) is 16.8. The van der Waals surface area contributed by atoms with E-state index < -0.39 is 11.6 Å². The van der Waals surface area contributed by atoms with Gasteiger partial charge in [0.05, 0.1) is 4.75 Å². The Kier molecular flexibility index (Phi) is 6.98. The van der Waals surface area contributed by atoms with Crippen LogP contribution in [-0.2, 0) is 19.1 Å². The number of rotatable bonds is 8. The number of carbonyl (C=O) groups is 2. The molecule has 0 saturated heterocycles. The molecular weight excluding hydrogens is 300 g/mol. The highest BCUT2D eigenvalue weighted by molar-refractivity contribution is 8.15. The molecule has 0 saturated carbocycles. The summed E-state index contributed by atoms with van der Waals surface area (Å²) in [7, 11) is 0. The van der Waals surface area contributed by atoms with E-state index in [1.165, 1.54) is 30.7 Å². The number of esters is 1. The van der Waals surface area contributed by atoms with Crippen LogP contribution < -0.4 is 0 Å². The fourth-order valence-corrected chi connectivity index (χ4v) is 3.40. The molecule has 0 amide bonds. The highest BCUT2D eigenvalue weighted by Crippen LogP contribution is 2.44. The molecule has 22 heavy (non-hydrogen) atoms. The number of carbonyl (C=O) groups excluding carboxylic acids is 2. The molecule has 1 atom stereocenters. The number of hydrogen-bond donors (Lipinski definition) is 0. The van der Waals surface area contributed by atoms with Crippen LogP contribution in [0, 0.1) is 0 Å². The fourth-order valence-electron chi connectivity index (χ4n) is 2.33. The maximum Gasteiger partial charge on any atom is 0.344 e. The highest BCUT2D eigenvalue weighted by atomic mass is 32.2. The number of ether oxygens (including phenoxy) is 2. The van der Waals surface area contributed by atoms with Gasteiger partial charge in [-0.15, -0.1) is 0 Å². The van der Waals surface area contributed by atoms with E-state index in [9.17, 15) is 9.59 Å². The van der Waals surface area contributed by atoms with Crippen LogP contribution in [0.15, 0.2) is 11.8 Å². The maximum atomic E-state index is 11.7. The maximum absolute atomic E-state index is 11.7. The van der Waals surface area contributed by atoms with Gasteiger partial charge in [-0.05, 0) is 34.1 Å². The molecule has 0 aliphatic carbocycles. The summed E-state index contributed by atoms with van der Waals surface area (Å²) in [4.78, 5) is 23.5. The average Bonchev–Trinajstić information content (AvgIpc) is 2.65. The molecule has 0 N–H and O–H groups in total. The van der Waals surface area contributed by atoms with E-state index in [4.69, 9.17) is 9.47 Å². The second kappa shape index (κ2) is 8.04. The summed E-state index contributed by atoms with van der Waals surface area (Å²) in [5.41, 5.74) is -0.529. The van der Waals surface area contributed by atoms with Gasteiger partial charge in [0.2, 0.25) is 5.12 Å². The minimum Gasteiger partial charge on any atom is -0.485 e. The number of thioether (sulfide) groups is 1. The summed E-state index contributed by atoms with van der Waals surface area (Å²) in [6.07, 6.45) is 6.98. The Morgan fingerprint density at radius 1 is 1.27 bits per heavy atom. The molecule has 1 unspecified atom stereocenters.